The van der Waals surface area contributed by atoms with Gasteiger partial charge < -0.3 is 5.32 Å². The molecule has 166 valence electrons. The summed E-state index contributed by atoms with van der Waals surface area (Å²) in [5.41, 5.74) is 2.87. The van der Waals surface area contributed by atoms with Gasteiger partial charge in [-0.05, 0) is 36.1 Å². The van der Waals surface area contributed by atoms with Crippen molar-refractivity contribution < 1.29 is 4.79 Å². The van der Waals surface area contributed by atoms with Crippen molar-refractivity contribution in [3.05, 3.63) is 101 Å². The Hall–Kier alpha value is -3.09. The lowest BCUT2D eigenvalue weighted by molar-refractivity contribution is -0.120. The average molecular weight is 475 g/mol. The van der Waals surface area contributed by atoms with E-state index in [2.05, 4.69) is 27.6 Å². The lowest BCUT2D eigenvalue weighted by atomic mass is 10.1. The van der Waals surface area contributed by atoms with E-state index in [0.29, 0.717) is 22.5 Å². The molecule has 1 atom stereocenters. The fourth-order valence-electron chi connectivity index (χ4n) is 3.64. The summed E-state index contributed by atoms with van der Waals surface area (Å²) in [5, 5.41) is 13.0. The summed E-state index contributed by atoms with van der Waals surface area (Å²) < 4.78 is 2.04. The third-order valence-electron chi connectivity index (χ3n) is 5.50. The molecule has 0 spiro atoms. The zero-order chi connectivity index (χ0) is 22.6. The normalized spacial score (nSPS) is 14.1. The Bertz CT molecular complexity index is 1240. The molecule has 5 nitrogen and oxygen atoms in total. The number of aromatic nitrogens is 3. The number of halogens is 1. The third kappa shape index (κ3) is 5.13. The molecule has 5 rings (SSSR count). The smallest absolute Gasteiger partial charge is 0.238 e. The van der Waals surface area contributed by atoms with Crippen molar-refractivity contribution in [2.45, 2.75) is 35.8 Å². The van der Waals surface area contributed by atoms with E-state index in [1.807, 2.05) is 77.4 Å². The number of carbonyl (C=O) groups is 1. The van der Waals surface area contributed by atoms with Gasteiger partial charge in [-0.25, -0.2) is 0 Å². The van der Waals surface area contributed by atoms with Crippen molar-refractivity contribution in [2.75, 3.05) is 0 Å². The molecule has 0 bridgehead atoms. The van der Waals surface area contributed by atoms with Crippen LogP contribution in [0.4, 0.5) is 0 Å². The highest BCUT2D eigenvalue weighted by Crippen LogP contribution is 2.38. The van der Waals surface area contributed by atoms with Crippen molar-refractivity contribution >= 4 is 29.3 Å². The highest BCUT2D eigenvalue weighted by molar-refractivity contribution is 8.00. The van der Waals surface area contributed by atoms with E-state index < -0.39 is 5.25 Å². The standard InChI is InChI=1S/C26H23ClN4OS/c27-22-14-8-7-13-21(22)24-29-30-26(31(24)17-18-9-3-1-4-10-18)33-23(19-11-5-2-6-12-19)25(32)28-20-15-16-20/h1-14,20,23H,15-17H2,(H,28,32). The van der Waals surface area contributed by atoms with Gasteiger partial charge in [-0.2, -0.15) is 0 Å². The van der Waals surface area contributed by atoms with E-state index in [0.717, 1.165) is 29.5 Å². The summed E-state index contributed by atoms with van der Waals surface area (Å²) in [4.78, 5) is 13.2. The van der Waals surface area contributed by atoms with E-state index in [9.17, 15) is 4.79 Å². The first kappa shape index (κ1) is 21.7. The zero-order valence-electron chi connectivity index (χ0n) is 17.9. The number of nitrogens with zero attached hydrogens (tertiary/aromatic N) is 3. The second-order valence-electron chi connectivity index (χ2n) is 8.05. The summed E-state index contributed by atoms with van der Waals surface area (Å²) in [6.07, 6.45) is 2.08. The van der Waals surface area contributed by atoms with Crippen LogP contribution in [0.3, 0.4) is 0 Å². The largest absolute Gasteiger partial charge is 0.352 e. The van der Waals surface area contributed by atoms with Gasteiger partial charge in [-0.15, -0.1) is 10.2 Å². The molecule has 3 aromatic carbocycles. The van der Waals surface area contributed by atoms with Gasteiger partial charge in [0.25, 0.3) is 0 Å². The van der Waals surface area contributed by atoms with E-state index in [4.69, 9.17) is 11.6 Å². The minimum Gasteiger partial charge on any atom is -0.352 e. The molecule has 1 N–H and O–H groups in total. The lowest BCUT2D eigenvalue weighted by Gasteiger charge is -2.18. The van der Waals surface area contributed by atoms with Crippen LogP contribution < -0.4 is 5.32 Å². The summed E-state index contributed by atoms with van der Waals surface area (Å²) >= 11 is 7.93. The Morgan fingerprint density at radius 1 is 0.970 bits per heavy atom. The number of carbonyl (C=O) groups excluding carboxylic acids is 1. The summed E-state index contributed by atoms with van der Waals surface area (Å²) in [6.45, 7) is 0.572. The topological polar surface area (TPSA) is 59.8 Å². The number of hydrogen-bond donors (Lipinski definition) is 1. The summed E-state index contributed by atoms with van der Waals surface area (Å²) in [7, 11) is 0. The Morgan fingerprint density at radius 2 is 1.64 bits per heavy atom. The fourth-order valence-corrected chi connectivity index (χ4v) is 4.90. The number of hydrogen-bond acceptors (Lipinski definition) is 4. The number of nitrogens with one attached hydrogen (secondary N) is 1. The van der Waals surface area contributed by atoms with Crippen LogP contribution in [0.25, 0.3) is 11.4 Å². The first-order valence-electron chi connectivity index (χ1n) is 10.9. The van der Waals surface area contributed by atoms with Crippen molar-refractivity contribution in [3.8, 4) is 11.4 Å². The van der Waals surface area contributed by atoms with Gasteiger partial charge in [-0.3, -0.25) is 9.36 Å². The average Bonchev–Trinajstić information content (AvgIpc) is 3.58. The van der Waals surface area contributed by atoms with Gasteiger partial charge in [0.15, 0.2) is 11.0 Å². The van der Waals surface area contributed by atoms with E-state index in [1.165, 1.54) is 11.8 Å². The first-order chi connectivity index (χ1) is 16.2. The Kier molecular flexibility index (Phi) is 6.46. The van der Waals surface area contributed by atoms with Gasteiger partial charge in [0.2, 0.25) is 5.91 Å². The highest BCUT2D eigenvalue weighted by Gasteiger charge is 2.31. The molecule has 1 fully saturated rings. The molecular weight excluding hydrogens is 452 g/mol. The van der Waals surface area contributed by atoms with Gasteiger partial charge in [0.05, 0.1) is 11.6 Å². The SMILES string of the molecule is O=C(NC1CC1)C(Sc1nnc(-c2ccccc2Cl)n1Cc1ccccc1)c1ccccc1. The van der Waals surface area contributed by atoms with Crippen molar-refractivity contribution in [3.63, 3.8) is 0 Å². The minimum atomic E-state index is -0.426. The summed E-state index contributed by atoms with van der Waals surface area (Å²) in [5.74, 6) is 0.684. The third-order valence-corrected chi connectivity index (χ3v) is 7.07. The fraction of sp³-hybridized carbons (Fsp3) is 0.192. The zero-order valence-corrected chi connectivity index (χ0v) is 19.5. The molecule has 0 aliphatic heterocycles. The van der Waals surface area contributed by atoms with E-state index >= 15 is 0 Å². The lowest BCUT2D eigenvalue weighted by Crippen LogP contribution is -2.30. The first-order valence-corrected chi connectivity index (χ1v) is 12.2. The number of thioether (sulfide) groups is 1. The van der Waals surface area contributed by atoms with Gasteiger partial charge in [0, 0.05) is 11.6 Å². The molecule has 1 aromatic heterocycles. The number of benzene rings is 3. The molecule has 33 heavy (non-hydrogen) atoms. The van der Waals surface area contributed by atoms with E-state index in [-0.39, 0.29) is 11.9 Å². The van der Waals surface area contributed by atoms with Crippen LogP contribution in [-0.2, 0) is 11.3 Å². The number of rotatable bonds is 8. The Balaban J connectivity index is 1.54. The molecule has 1 amide bonds. The van der Waals surface area contributed by atoms with Crippen LogP contribution in [0, 0.1) is 0 Å². The van der Waals surface area contributed by atoms with Gasteiger partial charge in [-0.1, -0.05) is 96.2 Å². The second-order valence-corrected chi connectivity index (χ2v) is 9.53. The maximum atomic E-state index is 13.2. The molecule has 1 aliphatic carbocycles. The van der Waals surface area contributed by atoms with Crippen molar-refractivity contribution in [1.29, 1.82) is 0 Å². The molecule has 7 heteroatoms. The molecule has 4 aromatic rings. The van der Waals surface area contributed by atoms with Crippen LogP contribution in [0.1, 0.15) is 29.2 Å². The molecule has 1 unspecified atom stereocenters. The van der Waals surface area contributed by atoms with Crippen LogP contribution in [0.5, 0.6) is 0 Å². The highest BCUT2D eigenvalue weighted by atomic mass is 35.5. The molecule has 1 aliphatic rings. The van der Waals surface area contributed by atoms with Gasteiger partial charge in [0.1, 0.15) is 5.25 Å². The maximum absolute atomic E-state index is 13.2. The van der Waals surface area contributed by atoms with Crippen LogP contribution in [0.2, 0.25) is 5.02 Å². The second kappa shape index (κ2) is 9.81. The van der Waals surface area contributed by atoms with Crippen LogP contribution >= 0.6 is 23.4 Å². The molecule has 1 saturated carbocycles. The number of amides is 1. The Labute approximate surface area is 202 Å². The van der Waals surface area contributed by atoms with Crippen LogP contribution in [0.15, 0.2) is 90.1 Å². The summed E-state index contributed by atoms with van der Waals surface area (Å²) in [6, 6.07) is 27.9. The van der Waals surface area contributed by atoms with E-state index in [1.54, 1.807) is 0 Å². The van der Waals surface area contributed by atoms with Crippen molar-refractivity contribution in [2.24, 2.45) is 0 Å². The predicted molar refractivity (Wildman–Crippen MR) is 132 cm³/mol. The molecule has 0 radical (unpaired) electrons. The minimum absolute atomic E-state index is 0.00209. The molecule has 1 heterocycles. The maximum Gasteiger partial charge on any atom is 0.238 e. The quantitative estimate of drug-likeness (QED) is 0.330. The Morgan fingerprint density at radius 3 is 2.33 bits per heavy atom. The monoisotopic (exact) mass is 474 g/mol. The predicted octanol–water partition coefficient (Wildman–Crippen LogP) is 5.76. The van der Waals surface area contributed by atoms with Crippen LogP contribution in [-0.4, -0.2) is 26.7 Å². The molecule has 0 saturated heterocycles. The van der Waals surface area contributed by atoms with Crippen molar-refractivity contribution in [1.82, 2.24) is 20.1 Å². The molecular formula is C26H23ClN4OS. The van der Waals surface area contributed by atoms with Gasteiger partial charge >= 0.3 is 0 Å².